The summed E-state index contributed by atoms with van der Waals surface area (Å²) in [6.45, 7) is 5.49. The summed E-state index contributed by atoms with van der Waals surface area (Å²) in [7, 11) is 0. The van der Waals surface area contributed by atoms with Crippen LogP contribution in [0, 0.1) is 5.92 Å². The van der Waals surface area contributed by atoms with Crippen LogP contribution in [0.25, 0.3) is 0 Å². The average molecular weight is 500 g/mol. The van der Waals surface area contributed by atoms with E-state index in [1.165, 1.54) is 4.90 Å². The zero-order valence-corrected chi connectivity index (χ0v) is 20.0. The van der Waals surface area contributed by atoms with Crippen molar-refractivity contribution in [2.45, 2.75) is 39.2 Å². The van der Waals surface area contributed by atoms with E-state index in [0.29, 0.717) is 23.1 Å². The molecule has 0 fully saturated rings. The molecular formula is C25H26BrNO5. The second-order valence-electron chi connectivity index (χ2n) is 8.88. The first-order chi connectivity index (χ1) is 15.1. The minimum Gasteiger partial charge on any atom is -0.460 e. The molecule has 1 heterocycles. The molecule has 32 heavy (non-hydrogen) atoms. The fourth-order valence-corrected chi connectivity index (χ4v) is 4.04. The Morgan fingerprint density at radius 3 is 2.03 bits per heavy atom. The highest BCUT2D eigenvalue weighted by Gasteiger charge is 2.37. The molecule has 0 saturated heterocycles. The first-order valence-corrected chi connectivity index (χ1v) is 11.6. The third-order valence-corrected chi connectivity index (χ3v) is 5.63. The predicted octanol–water partition coefficient (Wildman–Crippen LogP) is 4.45. The second-order valence-corrected chi connectivity index (χ2v) is 9.44. The maximum atomic E-state index is 12.8. The predicted molar refractivity (Wildman–Crippen MR) is 124 cm³/mol. The van der Waals surface area contributed by atoms with Crippen LogP contribution in [-0.2, 0) is 16.0 Å². The highest BCUT2D eigenvalue weighted by molar-refractivity contribution is 9.09. The fourth-order valence-electron chi connectivity index (χ4n) is 3.72. The van der Waals surface area contributed by atoms with Gasteiger partial charge < -0.3 is 4.74 Å². The summed E-state index contributed by atoms with van der Waals surface area (Å²) in [5.74, 6) is -1.43. The molecule has 0 unspecified atom stereocenters. The van der Waals surface area contributed by atoms with Gasteiger partial charge in [0.15, 0.2) is 5.78 Å². The first kappa shape index (κ1) is 23.9. The molecule has 1 atom stereocenters. The third-order valence-electron chi connectivity index (χ3n) is 5.12. The number of alkyl halides is 1. The number of ether oxygens (including phenoxy) is 1. The Morgan fingerprint density at radius 2 is 1.53 bits per heavy atom. The first-order valence-electron chi connectivity index (χ1n) is 10.4. The standard InChI is InChI=1S/C25H26BrNO5/c1-25(2,3)32-22(29)13-17(12-16-8-10-18(11-9-16)21(28)14-26)15-27-23(30)19-6-4-5-7-20(19)24(27)31/h4-11,17H,12-15H2,1-3H3/t17-/m1/s1. The number of Topliss-reactive ketones (excluding diaryl/α,β-unsaturated/α-hetero) is 1. The van der Waals surface area contributed by atoms with Crippen molar-refractivity contribution >= 4 is 39.5 Å². The van der Waals surface area contributed by atoms with Crippen molar-refractivity contribution in [1.29, 1.82) is 0 Å². The van der Waals surface area contributed by atoms with Crippen molar-refractivity contribution in [3.63, 3.8) is 0 Å². The summed E-state index contributed by atoms with van der Waals surface area (Å²) >= 11 is 3.16. The molecule has 0 spiro atoms. The minimum atomic E-state index is -0.630. The number of halogens is 1. The number of fused-ring (bicyclic) bond motifs is 1. The molecule has 168 valence electrons. The van der Waals surface area contributed by atoms with E-state index >= 15 is 0 Å². The molecule has 0 N–H and O–H groups in total. The number of ketones is 1. The summed E-state index contributed by atoms with van der Waals surface area (Å²) in [6.07, 6.45) is 0.516. The van der Waals surface area contributed by atoms with E-state index in [9.17, 15) is 19.2 Å². The van der Waals surface area contributed by atoms with Crippen molar-refractivity contribution in [1.82, 2.24) is 4.90 Å². The molecule has 0 saturated carbocycles. The summed E-state index contributed by atoms with van der Waals surface area (Å²) in [5.41, 5.74) is 1.63. The Hall–Kier alpha value is -2.80. The highest BCUT2D eigenvalue weighted by atomic mass is 79.9. The summed E-state index contributed by atoms with van der Waals surface area (Å²) < 4.78 is 5.47. The molecule has 3 rings (SSSR count). The second kappa shape index (κ2) is 9.77. The number of nitrogens with zero attached hydrogens (tertiary/aromatic N) is 1. The van der Waals surface area contributed by atoms with Gasteiger partial charge in [0.25, 0.3) is 11.8 Å². The lowest BCUT2D eigenvalue weighted by Gasteiger charge is -2.25. The van der Waals surface area contributed by atoms with Gasteiger partial charge in [-0.05, 0) is 50.8 Å². The number of hydrogen-bond acceptors (Lipinski definition) is 5. The van der Waals surface area contributed by atoms with Gasteiger partial charge in [-0.15, -0.1) is 0 Å². The van der Waals surface area contributed by atoms with Crippen LogP contribution in [0.5, 0.6) is 0 Å². The molecule has 6 nitrogen and oxygen atoms in total. The van der Waals surface area contributed by atoms with Gasteiger partial charge in [-0.25, -0.2) is 0 Å². The van der Waals surface area contributed by atoms with E-state index < -0.39 is 5.60 Å². The fraction of sp³-hybridized carbons (Fsp3) is 0.360. The largest absolute Gasteiger partial charge is 0.460 e. The van der Waals surface area contributed by atoms with Crippen molar-refractivity contribution in [3.8, 4) is 0 Å². The van der Waals surface area contributed by atoms with Crippen LogP contribution in [0.2, 0.25) is 0 Å². The Balaban J connectivity index is 1.80. The Bertz CT molecular complexity index is 1000. The number of carbonyl (C=O) groups is 4. The summed E-state index contributed by atoms with van der Waals surface area (Å²) in [5, 5.41) is 0.243. The molecule has 2 aromatic carbocycles. The van der Waals surface area contributed by atoms with Gasteiger partial charge in [0.1, 0.15) is 5.60 Å². The van der Waals surface area contributed by atoms with Crippen molar-refractivity contribution < 1.29 is 23.9 Å². The normalized spacial score (nSPS) is 14.3. The number of benzene rings is 2. The summed E-state index contributed by atoms with van der Waals surface area (Å²) in [4.78, 5) is 51.2. The zero-order chi connectivity index (χ0) is 23.5. The Morgan fingerprint density at radius 1 is 0.969 bits per heavy atom. The molecule has 1 aliphatic heterocycles. The lowest BCUT2D eigenvalue weighted by atomic mass is 9.94. The van der Waals surface area contributed by atoms with Crippen LogP contribution in [-0.4, -0.2) is 45.9 Å². The lowest BCUT2D eigenvalue weighted by Crippen LogP contribution is -2.37. The van der Waals surface area contributed by atoms with E-state index in [-0.39, 0.29) is 47.8 Å². The number of imide groups is 1. The lowest BCUT2D eigenvalue weighted by molar-refractivity contribution is -0.156. The number of amides is 2. The molecule has 1 aliphatic rings. The molecule has 0 aliphatic carbocycles. The third kappa shape index (κ3) is 5.71. The van der Waals surface area contributed by atoms with Crippen LogP contribution in [0.3, 0.4) is 0 Å². The maximum absolute atomic E-state index is 12.8. The van der Waals surface area contributed by atoms with Crippen LogP contribution in [0.1, 0.15) is 63.8 Å². The van der Waals surface area contributed by atoms with Crippen molar-refractivity contribution in [2.24, 2.45) is 5.92 Å². The van der Waals surface area contributed by atoms with Gasteiger partial charge in [-0.1, -0.05) is 52.3 Å². The quantitative estimate of drug-likeness (QED) is 0.232. The monoisotopic (exact) mass is 499 g/mol. The number of esters is 1. The summed E-state index contributed by atoms with van der Waals surface area (Å²) in [6, 6.07) is 13.9. The van der Waals surface area contributed by atoms with E-state index in [1.807, 2.05) is 12.1 Å². The van der Waals surface area contributed by atoms with Gasteiger partial charge in [-0.2, -0.15) is 0 Å². The van der Waals surface area contributed by atoms with Crippen LogP contribution < -0.4 is 0 Å². The van der Waals surface area contributed by atoms with Gasteiger partial charge in [0.05, 0.1) is 22.9 Å². The minimum absolute atomic E-state index is 0.0205. The molecule has 0 radical (unpaired) electrons. The zero-order valence-electron chi connectivity index (χ0n) is 18.4. The molecule has 0 bridgehead atoms. The van der Waals surface area contributed by atoms with Crippen LogP contribution in [0.15, 0.2) is 48.5 Å². The van der Waals surface area contributed by atoms with Gasteiger partial charge in [0.2, 0.25) is 0 Å². The molecule has 2 aromatic rings. The number of rotatable bonds is 8. The van der Waals surface area contributed by atoms with Crippen LogP contribution >= 0.6 is 15.9 Å². The SMILES string of the molecule is CC(C)(C)OC(=O)C[C@@H](Cc1ccc(C(=O)CBr)cc1)CN1C(=O)c2ccccc2C1=O. The van der Waals surface area contributed by atoms with Gasteiger partial charge >= 0.3 is 5.97 Å². The maximum Gasteiger partial charge on any atom is 0.306 e. The van der Waals surface area contributed by atoms with Crippen molar-refractivity contribution in [2.75, 3.05) is 11.9 Å². The van der Waals surface area contributed by atoms with E-state index in [4.69, 9.17) is 4.74 Å². The smallest absolute Gasteiger partial charge is 0.306 e. The van der Waals surface area contributed by atoms with E-state index in [0.717, 1.165) is 5.56 Å². The average Bonchev–Trinajstić information content (AvgIpc) is 2.97. The number of carbonyl (C=O) groups excluding carboxylic acids is 4. The molecular weight excluding hydrogens is 474 g/mol. The molecule has 7 heteroatoms. The van der Waals surface area contributed by atoms with E-state index in [2.05, 4.69) is 15.9 Å². The molecule has 2 amide bonds. The Kier molecular flexibility index (Phi) is 7.29. The highest BCUT2D eigenvalue weighted by Crippen LogP contribution is 2.26. The number of hydrogen-bond donors (Lipinski definition) is 0. The molecule has 0 aromatic heterocycles. The topological polar surface area (TPSA) is 80.8 Å². The van der Waals surface area contributed by atoms with Crippen LogP contribution in [0.4, 0.5) is 0 Å². The van der Waals surface area contributed by atoms with Gasteiger partial charge in [0, 0.05) is 12.1 Å². The van der Waals surface area contributed by atoms with Crippen molar-refractivity contribution in [3.05, 3.63) is 70.8 Å². The van der Waals surface area contributed by atoms with E-state index in [1.54, 1.807) is 57.2 Å². The van der Waals surface area contributed by atoms with Gasteiger partial charge in [-0.3, -0.25) is 24.1 Å². The Labute approximate surface area is 196 Å².